The molecule has 30 heavy (non-hydrogen) atoms. The Kier molecular flexibility index (Phi) is 4.98. The zero-order valence-corrected chi connectivity index (χ0v) is 17.3. The Hall–Kier alpha value is -2.12. The summed E-state index contributed by atoms with van der Waals surface area (Å²) in [5.74, 6) is -1.02. The van der Waals surface area contributed by atoms with Gasteiger partial charge in [0.25, 0.3) is 0 Å². The van der Waals surface area contributed by atoms with Crippen molar-refractivity contribution < 1.29 is 24.4 Å². The van der Waals surface area contributed by atoms with Crippen LogP contribution in [0.3, 0.4) is 0 Å². The number of hydrogen-bond donors (Lipinski definition) is 2. The molecule has 2 amide bonds. The third kappa shape index (κ3) is 3.02. The topological polar surface area (TPSA) is 87.1 Å². The lowest BCUT2D eigenvalue weighted by atomic mass is 9.55. The number of rotatable bonds is 2. The number of carbonyl (C=O) groups is 2. The van der Waals surface area contributed by atoms with Gasteiger partial charge in [-0.2, -0.15) is 0 Å². The number of phenols is 1. The minimum atomic E-state index is -1.12. The summed E-state index contributed by atoms with van der Waals surface area (Å²) >= 11 is 0. The zero-order valence-electron chi connectivity index (χ0n) is 17.3. The van der Waals surface area contributed by atoms with Gasteiger partial charge in [-0.05, 0) is 50.1 Å². The molecule has 2 N–H and O–H groups in total. The molecular formula is C23H28BNO5. The molecule has 4 aliphatic rings. The van der Waals surface area contributed by atoms with Crippen LogP contribution in [0, 0.1) is 17.8 Å². The second kappa shape index (κ2) is 7.54. The molecule has 5 rings (SSSR count). The average molecular weight is 409 g/mol. The summed E-state index contributed by atoms with van der Waals surface area (Å²) < 4.78 is 5.87. The molecule has 2 aliphatic carbocycles. The van der Waals surface area contributed by atoms with Crippen LogP contribution in [-0.4, -0.2) is 40.0 Å². The smallest absolute Gasteiger partial charge is 0.487 e. The Morgan fingerprint density at radius 1 is 1.07 bits per heavy atom. The maximum Gasteiger partial charge on any atom is 0.487 e. The average Bonchev–Trinajstić information content (AvgIpc) is 2.98. The zero-order chi connectivity index (χ0) is 21.0. The molecule has 4 atom stereocenters. The van der Waals surface area contributed by atoms with E-state index in [1.807, 2.05) is 13.0 Å². The summed E-state index contributed by atoms with van der Waals surface area (Å²) in [6, 6.07) is 6.96. The van der Waals surface area contributed by atoms with E-state index in [4.69, 9.17) is 4.65 Å². The molecule has 7 heteroatoms. The molecule has 0 radical (unpaired) electrons. The van der Waals surface area contributed by atoms with E-state index in [0.717, 1.165) is 36.7 Å². The molecule has 6 nitrogen and oxygen atoms in total. The summed E-state index contributed by atoms with van der Waals surface area (Å²) in [5.41, 5.74) is 2.32. The molecule has 0 bridgehead atoms. The fraction of sp³-hybridized carbons (Fsp3) is 0.565. The molecule has 0 aromatic heterocycles. The van der Waals surface area contributed by atoms with E-state index in [2.05, 4.69) is 0 Å². The number of aromatic hydroxyl groups is 1. The third-order valence-corrected chi connectivity index (χ3v) is 7.61. The normalized spacial score (nSPS) is 32.5. The van der Waals surface area contributed by atoms with E-state index >= 15 is 0 Å². The third-order valence-electron chi connectivity index (χ3n) is 7.61. The first-order chi connectivity index (χ1) is 14.5. The predicted octanol–water partition coefficient (Wildman–Crippen LogP) is 3.14. The first kappa shape index (κ1) is 19.8. The number of benzene rings is 1. The summed E-state index contributed by atoms with van der Waals surface area (Å²) in [6.45, 7) is 1.94. The lowest BCUT2D eigenvalue weighted by Crippen LogP contribution is -2.45. The Morgan fingerprint density at radius 2 is 1.80 bits per heavy atom. The molecule has 0 unspecified atom stereocenters. The van der Waals surface area contributed by atoms with E-state index in [0.29, 0.717) is 18.4 Å². The minimum Gasteiger partial charge on any atom is -0.508 e. The highest BCUT2D eigenvalue weighted by Crippen LogP contribution is 2.52. The lowest BCUT2D eigenvalue weighted by molar-refractivity contribution is -0.143. The Morgan fingerprint density at radius 3 is 2.53 bits per heavy atom. The molecule has 1 aromatic carbocycles. The van der Waals surface area contributed by atoms with Crippen molar-refractivity contribution in [2.75, 3.05) is 0 Å². The van der Waals surface area contributed by atoms with E-state index in [1.165, 1.54) is 6.42 Å². The predicted molar refractivity (Wildman–Crippen MR) is 111 cm³/mol. The minimum absolute atomic E-state index is 0.0202. The molecular weight excluding hydrogens is 381 g/mol. The number of likely N-dealkylation sites (tertiary alicyclic amines) is 1. The highest BCUT2D eigenvalue weighted by molar-refractivity contribution is 6.53. The highest BCUT2D eigenvalue weighted by atomic mass is 16.5. The lowest BCUT2D eigenvalue weighted by Gasteiger charge is -2.41. The summed E-state index contributed by atoms with van der Waals surface area (Å²) in [4.78, 5) is 28.4. The van der Waals surface area contributed by atoms with E-state index < -0.39 is 19.1 Å². The van der Waals surface area contributed by atoms with Crippen LogP contribution in [0.2, 0.25) is 0 Å². The quantitative estimate of drug-likeness (QED) is 0.579. The standard InChI is InChI=1S/C23H28BNO5/c1-13-11-17-20(23(28)25(22(17)27)14-7-3-2-4-8-14)16-12-19(30-24(29)21(13)16)15-9-5-6-10-18(15)26/h5-6,9-10,14,16-17,19-20,26,29H,2-4,7-8,11-12H2,1H3/t16-,17-,19-,20+/m0/s1. The molecule has 3 fully saturated rings. The van der Waals surface area contributed by atoms with Crippen molar-refractivity contribution in [3.63, 3.8) is 0 Å². The number of fused-ring (bicyclic) bond motifs is 3. The Balaban J connectivity index is 1.49. The highest BCUT2D eigenvalue weighted by Gasteiger charge is 2.58. The van der Waals surface area contributed by atoms with E-state index in [1.54, 1.807) is 23.1 Å². The van der Waals surface area contributed by atoms with Gasteiger partial charge in [-0.3, -0.25) is 14.5 Å². The first-order valence-corrected chi connectivity index (χ1v) is 11.1. The molecule has 158 valence electrons. The molecule has 0 spiro atoms. The number of nitrogens with zero attached hydrogens (tertiary/aromatic N) is 1. The van der Waals surface area contributed by atoms with Crippen molar-refractivity contribution in [3.8, 4) is 5.75 Å². The van der Waals surface area contributed by atoms with Crippen LogP contribution in [0.4, 0.5) is 0 Å². The van der Waals surface area contributed by atoms with Crippen molar-refractivity contribution in [1.82, 2.24) is 4.90 Å². The van der Waals surface area contributed by atoms with Gasteiger partial charge in [-0.15, -0.1) is 0 Å². The van der Waals surface area contributed by atoms with Gasteiger partial charge < -0.3 is 14.8 Å². The van der Waals surface area contributed by atoms with Crippen LogP contribution in [0.25, 0.3) is 0 Å². The van der Waals surface area contributed by atoms with Crippen LogP contribution in [0.5, 0.6) is 5.75 Å². The number of amides is 2. The maximum atomic E-state index is 13.5. The van der Waals surface area contributed by atoms with E-state index in [9.17, 15) is 19.7 Å². The second-order valence-corrected chi connectivity index (χ2v) is 9.29. The van der Waals surface area contributed by atoms with Crippen molar-refractivity contribution in [2.24, 2.45) is 17.8 Å². The van der Waals surface area contributed by atoms with Gasteiger partial charge in [0, 0.05) is 11.6 Å². The Labute approximate surface area is 177 Å². The van der Waals surface area contributed by atoms with Crippen molar-refractivity contribution in [1.29, 1.82) is 0 Å². The number of hydrogen-bond acceptors (Lipinski definition) is 5. The number of phenolic OH excluding ortho intramolecular Hbond substituents is 1. The van der Waals surface area contributed by atoms with E-state index in [-0.39, 0.29) is 35.4 Å². The number of imide groups is 1. The maximum absolute atomic E-state index is 13.5. The van der Waals surface area contributed by atoms with Crippen molar-refractivity contribution in [2.45, 2.75) is 64.0 Å². The number of carbonyl (C=O) groups excluding carboxylic acids is 2. The van der Waals surface area contributed by atoms with Gasteiger partial charge in [0.05, 0.1) is 17.9 Å². The SMILES string of the molecule is CC1=C2B(O)O[C@H](c3ccccc3O)C[C@H]2[C@H]2C(=O)N(C3CCCCC3)C(=O)[C@H]2C1. The molecule has 1 aromatic rings. The van der Waals surface area contributed by atoms with Gasteiger partial charge in [0.1, 0.15) is 5.75 Å². The van der Waals surface area contributed by atoms with Crippen LogP contribution in [0.15, 0.2) is 35.3 Å². The van der Waals surface area contributed by atoms with Crippen LogP contribution >= 0.6 is 0 Å². The van der Waals surface area contributed by atoms with Crippen LogP contribution in [-0.2, 0) is 14.2 Å². The molecule has 2 heterocycles. The summed E-state index contributed by atoms with van der Waals surface area (Å²) in [7, 11) is -1.12. The largest absolute Gasteiger partial charge is 0.508 e. The van der Waals surface area contributed by atoms with Gasteiger partial charge in [-0.1, -0.05) is 43.0 Å². The second-order valence-electron chi connectivity index (χ2n) is 9.29. The molecule has 2 aliphatic heterocycles. The molecule has 2 saturated heterocycles. The van der Waals surface area contributed by atoms with Gasteiger partial charge in [0.2, 0.25) is 11.8 Å². The van der Waals surface area contributed by atoms with Crippen molar-refractivity contribution in [3.05, 3.63) is 40.9 Å². The fourth-order valence-corrected chi connectivity index (χ4v) is 6.24. The van der Waals surface area contributed by atoms with Crippen LogP contribution in [0.1, 0.15) is 63.5 Å². The molecule has 1 saturated carbocycles. The Bertz CT molecular complexity index is 909. The van der Waals surface area contributed by atoms with Gasteiger partial charge in [0.15, 0.2) is 0 Å². The number of allylic oxidation sites excluding steroid dienone is 2. The van der Waals surface area contributed by atoms with Gasteiger partial charge in [-0.25, -0.2) is 0 Å². The van der Waals surface area contributed by atoms with Gasteiger partial charge >= 0.3 is 7.12 Å². The summed E-state index contributed by atoms with van der Waals surface area (Å²) in [5, 5.41) is 21.1. The van der Waals surface area contributed by atoms with Crippen LogP contribution < -0.4 is 0 Å². The summed E-state index contributed by atoms with van der Waals surface area (Å²) in [6.07, 6.45) is 5.54. The fourth-order valence-electron chi connectivity index (χ4n) is 6.24. The van der Waals surface area contributed by atoms with Crippen molar-refractivity contribution >= 4 is 18.9 Å². The number of para-hydroxylation sites is 1. The first-order valence-electron chi connectivity index (χ1n) is 11.1. The monoisotopic (exact) mass is 409 g/mol.